The lowest BCUT2D eigenvalue weighted by atomic mass is 9.64. The summed E-state index contributed by atoms with van der Waals surface area (Å²) in [6, 6.07) is 0. The van der Waals surface area contributed by atoms with Gasteiger partial charge in [0.1, 0.15) is 0 Å². The van der Waals surface area contributed by atoms with Crippen LogP contribution in [0.3, 0.4) is 0 Å². The van der Waals surface area contributed by atoms with Crippen LogP contribution in [0.1, 0.15) is 19.3 Å². The highest BCUT2D eigenvalue weighted by molar-refractivity contribution is 4.99. The third kappa shape index (κ3) is 0.455. The fourth-order valence-electron chi connectivity index (χ4n) is 1.90. The molecule has 1 heterocycles. The number of nitrogens with zero attached hydrogens (tertiary/aromatic N) is 1. The summed E-state index contributed by atoms with van der Waals surface area (Å²) in [5.74, 6) is 0. The zero-order chi connectivity index (χ0) is 5.61. The summed E-state index contributed by atoms with van der Waals surface area (Å²) in [5.41, 5.74) is 0.780. The lowest BCUT2D eigenvalue weighted by Crippen LogP contribution is -2.56. The summed E-state index contributed by atoms with van der Waals surface area (Å²) >= 11 is 0. The van der Waals surface area contributed by atoms with E-state index in [2.05, 4.69) is 11.9 Å². The average Bonchev–Trinajstić information content (AvgIpc) is 1.51. The van der Waals surface area contributed by atoms with Gasteiger partial charge in [0, 0.05) is 20.1 Å². The fourth-order valence-corrected chi connectivity index (χ4v) is 1.90. The first kappa shape index (κ1) is 4.80. The molecule has 45 valence electrons. The molecule has 0 atom stereocenters. The quantitative estimate of drug-likeness (QED) is 0.454. The Labute approximate surface area is 50.7 Å². The molecule has 1 saturated carbocycles. The van der Waals surface area contributed by atoms with E-state index in [1.54, 1.807) is 0 Å². The van der Waals surface area contributed by atoms with Gasteiger partial charge in [-0.3, -0.25) is 0 Å². The lowest BCUT2D eigenvalue weighted by Gasteiger charge is -2.54. The Morgan fingerprint density at radius 2 is 1.88 bits per heavy atom. The average molecular weight is 110 g/mol. The van der Waals surface area contributed by atoms with Crippen molar-refractivity contribution >= 4 is 0 Å². The molecule has 1 radical (unpaired) electrons. The van der Waals surface area contributed by atoms with Gasteiger partial charge in [-0.1, -0.05) is 6.42 Å². The van der Waals surface area contributed by atoms with Crippen molar-refractivity contribution in [1.82, 2.24) is 4.90 Å². The summed E-state index contributed by atoms with van der Waals surface area (Å²) in [6.45, 7) is 2.54. The molecule has 2 aliphatic rings. The molecule has 1 aliphatic heterocycles. The topological polar surface area (TPSA) is 3.24 Å². The molecule has 0 N–H and O–H groups in total. The van der Waals surface area contributed by atoms with E-state index in [0.29, 0.717) is 0 Å². The number of likely N-dealkylation sites (tertiary alicyclic amines) is 1. The van der Waals surface area contributed by atoms with Gasteiger partial charge in [0.2, 0.25) is 0 Å². The highest BCUT2D eigenvalue weighted by Gasteiger charge is 2.45. The van der Waals surface area contributed by atoms with E-state index in [-0.39, 0.29) is 0 Å². The molecule has 0 unspecified atom stereocenters. The molecule has 1 saturated heterocycles. The van der Waals surface area contributed by atoms with E-state index in [9.17, 15) is 0 Å². The zero-order valence-corrected chi connectivity index (χ0v) is 5.19. The van der Waals surface area contributed by atoms with Crippen LogP contribution in [0.15, 0.2) is 0 Å². The van der Waals surface area contributed by atoms with Crippen molar-refractivity contribution in [3.8, 4) is 0 Å². The normalized spacial score (nSPS) is 34.1. The van der Waals surface area contributed by atoms with Crippen LogP contribution in [0.5, 0.6) is 0 Å². The predicted molar refractivity (Wildman–Crippen MR) is 33.2 cm³/mol. The standard InChI is InChI=1S/C7H12N/c1-8-5-7(6-8)3-2-4-7/h1-6H2. The van der Waals surface area contributed by atoms with Gasteiger partial charge in [-0.05, 0) is 18.3 Å². The number of hydrogen-bond donors (Lipinski definition) is 0. The van der Waals surface area contributed by atoms with Gasteiger partial charge >= 0.3 is 0 Å². The van der Waals surface area contributed by atoms with Gasteiger partial charge in [-0.25, -0.2) is 0 Å². The SMILES string of the molecule is [CH2]N1CC2(CCC2)C1. The zero-order valence-electron chi connectivity index (χ0n) is 5.19. The molecule has 1 heteroatoms. The molecule has 1 spiro atoms. The van der Waals surface area contributed by atoms with Crippen LogP contribution >= 0.6 is 0 Å². The van der Waals surface area contributed by atoms with Crippen LogP contribution in [0.2, 0.25) is 0 Å². The third-order valence-corrected chi connectivity index (χ3v) is 2.53. The maximum absolute atomic E-state index is 3.85. The summed E-state index contributed by atoms with van der Waals surface area (Å²) in [7, 11) is 3.85. The van der Waals surface area contributed by atoms with Gasteiger partial charge in [0.15, 0.2) is 0 Å². The van der Waals surface area contributed by atoms with E-state index < -0.39 is 0 Å². The van der Waals surface area contributed by atoms with E-state index >= 15 is 0 Å². The van der Waals surface area contributed by atoms with Crippen LogP contribution in [0.4, 0.5) is 0 Å². The molecule has 0 amide bonds. The molecule has 2 rings (SSSR count). The van der Waals surface area contributed by atoms with Crippen molar-refractivity contribution < 1.29 is 0 Å². The van der Waals surface area contributed by atoms with Crippen LogP contribution in [-0.2, 0) is 0 Å². The minimum absolute atomic E-state index is 0.780. The second-order valence-corrected chi connectivity index (χ2v) is 3.34. The first-order valence-corrected chi connectivity index (χ1v) is 3.36. The summed E-state index contributed by atoms with van der Waals surface area (Å²) < 4.78 is 0. The van der Waals surface area contributed by atoms with E-state index in [4.69, 9.17) is 0 Å². The van der Waals surface area contributed by atoms with Gasteiger partial charge in [-0.15, -0.1) is 0 Å². The fraction of sp³-hybridized carbons (Fsp3) is 0.857. The maximum Gasteiger partial charge on any atom is 0.0110 e. The molecule has 0 aromatic heterocycles. The van der Waals surface area contributed by atoms with Gasteiger partial charge in [0.05, 0.1) is 0 Å². The highest BCUT2D eigenvalue weighted by atomic mass is 15.2. The maximum atomic E-state index is 3.85. The number of hydrogen-bond acceptors (Lipinski definition) is 1. The number of rotatable bonds is 0. The van der Waals surface area contributed by atoms with Crippen molar-refractivity contribution in [1.29, 1.82) is 0 Å². The van der Waals surface area contributed by atoms with Crippen molar-refractivity contribution in [3.63, 3.8) is 0 Å². The molecule has 8 heavy (non-hydrogen) atoms. The second kappa shape index (κ2) is 1.27. The van der Waals surface area contributed by atoms with Crippen molar-refractivity contribution in [2.45, 2.75) is 19.3 Å². The Hall–Kier alpha value is -0.0400. The van der Waals surface area contributed by atoms with Crippen molar-refractivity contribution in [2.75, 3.05) is 13.1 Å². The Bertz CT molecular complexity index is 97.0. The summed E-state index contributed by atoms with van der Waals surface area (Å²) in [5, 5.41) is 0. The van der Waals surface area contributed by atoms with Crippen LogP contribution in [-0.4, -0.2) is 18.0 Å². The first-order valence-electron chi connectivity index (χ1n) is 3.36. The van der Waals surface area contributed by atoms with Crippen LogP contribution in [0, 0.1) is 12.5 Å². The van der Waals surface area contributed by atoms with Gasteiger partial charge in [0.25, 0.3) is 0 Å². The third-order valence-electron chi connectivity index (χ3n) is 2.53. The van der Waals surface area contributed by atoms with E-state index in [0.717, 1.165) is 5.41 Å². The van der Waals surface area contributed by atoms with E-state index in [1.807, 2.05) is 0 Å². The van der Waals surface area contributed by atoms with E-state index in [1.165, 1.54) is 32.4 Å². The first-order chi connectivity index (χ1) is 3.81. The molecule has 1 aliphatic carbocycles. The Morgan fingerprint density at radius 3 is 2.00 bits per heavy atom. The molecular weight excluding hydrogens is 98.1 g/mol. The Morgan fingerprint density at radius 1 is 1.25 bits per heavy atom. The molecular formula is C7H12N. The monoisotopic (exact) mass is 110 g/mol. The lowest BCUT2D eigenvalue weighted by molar-refractivity contribution is -0.0325. The smallest absolute Gasteiger partial charge is 0.0110 e. The largest absolute Gasteiger partial charge is 0.301 e. The molecule has 0 bridgehead atoms. The van der Waals surface area contributed by atoms with Crippen LogP contribution < -0.4 is 0 Å². The summed E-state index contributed by atoms with van der Waals surface area (Å²) in [6.07, 6.45) is 4.41. The Balaban J connectivity index is 1.92. The summed E-state index contributed by atoms with van der Waals surface area (Å²) in [4.78, 5) is 2.17. The highest BCUT2D eigenvalue weighted by Crippen LogP contribution is 2.47. The molecule has 0 aromatic rings. The Kier molecular flexibility index (Phi) is 0.762. The van der Waals surface area contributed by atoms with Gasteiger partial charge < -0.3 is 4.90 Å². The predicted octanol–water partition coefficient (Wildman–Crippen LogP) is 1.26. The molecule has 2 fully saturated rings. The minimum Gasteiger partial charge on any atom is -0.301 e. The van der Waals surface area contributed by atoms with Gasteiger partial charge in [-0.2, -0.15) is 0 Å². The molecule has 1 nitrogen and oxygen atoms in total. The second-order valence-electron chi connectivity index (χ2n) is 3.34. The minimum atomic E-state index is 0.780. The van der Waals surface area contributed by atoms with Crippen molar-refractivity contribution in [3.05, 3.63) is 7.05 Å². The molecule has 0 aromatic carbocycles. The van der Waals surface area contributed by atoms with Crippen molar-refractivity contribution in [2.24, 2.45) is 5.41 Å². The van der Waals surface area contributed by atoms with Crippen LogP contribution in [0.25, 0.3) is 0 Å².